The highest BCUT2D eigenvalue weighted by Crippen LogP contribution is 2.26. The van der Waals surface area contributed by atoms with E-state index in [1.165, 1.54) is 6.07 Å². The Balaban J connectivity index is 1.93. The Hall–Kier alpha value is -3.16. The summed E-state index contributed by atoms with van der Waals surface area (Å²) in [5.41, 5.74) is 8.46. The van der Waals surface area contributed by atoms with E-state index in [0.717, 1.165) is 5.56 Å². The van der Waals surface area contributed by atoms with Crippen LogP contribution in [0.3, 0.4) is 0 Å². The zero-order valence-corrected chi connectivity index (χ0v) is 15.8. The predicted molar refractivity (Wildman–Crippen MR) is 108 cm³/mol. The number of hydrogen-bond donors (Lipinski definition) is 3. The second kappa shape index (κ2) is 8.24. The molecule has 0 heterocycles. The quantitative estimate of drug-likeness (QED) is 0.530. The fourth-order valence-electron chi connectivity index (χ4n) is 2.90. The van der Waals surface area contributed by atoms with Crippen molar-refractivity contribution in [2.24, 2.45) is 0 Å². The molecule has 0 spiro atoms. The number of nitrogen functional groups attached to an aromatic ring is 1. The van der Waals surface area contributed by atoms with E-state index in [4.69, 9.17) is 5.73 Å². The van der Waals surface area contributed by atoms with Gasteiger partial charge in [0.05, 0.1) is 17.4 Å². The molecule has 0 aliphatic rings. The van der Waals surface area contributed by atoms with Gasteiger partial charge in [0.2, 0.25) is 10.0 Å². The van der Waals surface area contributed by atoms with E-state index in [1.54, 1.807) is 66.7 Å². The smallest absolute Gasteiger partial charge is 0.305 e. The Morgan fingerprint density at radius 1 is 0.929 bits per heavy atom. The van der Waals surface area contributed by atoms with Crippen LogP contribution in [0.15, 0.2) is 83.8 Å². The molecule has 144 valence electrons. The van der Waals surface area contributed by atoms with E-state index in [2.05, 4.69) is 4.72 Å². The first kappa shape index (κ1) is 19.6. The molecule has 28 heavy (non-hydrogen) atoms. The van der Waals surface area contributed by atoms with Gasteiger partial charge in [0.1, 0.15) is 0 Å². The fourth-order valence-corrected chi connectivity index (χ4v) is 4.17. The number of aliphatic carboxylic acids is 1. The number of sulfonamides is 1. The van der Waals surface area contributed by atoms with E-state index in [0.29, 0.717) is 16.8 Å². The number of carbonyl (C=O) groups is 1. The molecule has 0 aromatic heterocycles. The van der Waals surface area contributed by atoms with E-state index in [1.807, 2.05) is 6.07 Å². The number of nitrogens with one attached hydrogen (secondary N) is 1. The van der Waals surface area contributed by atoms with Crippen molar-refractivity contribution in [2.75, 3.05) is 5.73 Å². The largest absolute Gasteiger partial charge is 0.481 e. The number of anilines is 1. The number of carboxylic acids is 1. The molecule has 0 radical (unpaired) electrons. The van der Waals surface area contributed by atoms with Gasteiger partial charge in [-0.15, -0.1) is 0 Å². The van der Waals surface area contributed by atoms with Crippen LogP contribution in [0.25, 0.3) is 11.1 Å². The lowest BCUT2D eigenvalue weighted by molar-refractivity contribution is -0.137. The summed E-state index contributed by atoms with van der Waals surface area (Å²) in [5.74, 6) is -1.09. The third-order valence-electron chi connectivity index (χ3n) is 4.24. The molecular formula is C21H20N2O4S. The average molecular weight is 396 g/mol. The normalized spacial score (nSPS) is 12.4. The van der Waals surface area contributed by atoms with Gasteiger partial charge in [-0.1, -0.05) is 54.6 Å². The molecule has 0 aliphatic heterocycles. The summed E-state index contributed by atoms with van der Waals surface area (Å²) in [5, 5.41) is 9.18. The first-order valence-corrected chi connectivity index (χ1v) is 10.1. The van der Waals surface area contributed by atoms with Crippen LogP contribution in [-0.2, 0) is 14.8 Å². The van der Waals surface area contributed by atoms with Gasteiger partial charge >= 0.3 is 5.97 Å². The Bertz CT molecular complexity index is 1080. The summed E-state index contributed by atoms with van der Waals surface area (Å²) >= 11 is 0. The van der Waals surface area contributed by atoms with Crippen molar-refractivity contribution in [3.8, 4) is 11.1 Å². The molecule has 0 saturated heterocycles. The minimum absolute atomic E-state index is 0.0544. The van der Waals surface area contributed by atoms with Crippen molar-refractivity contribution in [2.45, 2.75) is 17.4 Å². The molecule has 6 nitrogen and oxygen atoms in total. The van der Waals surface area contributed by atoms with Crippen LogP contribution in [0.1, 0.15) is 18.0 Å². The van der Waals surface area contributed by atoms with Crippen molar-refractivity contribution in [1.82, 2.24) is 4.72 Å². The van der Waals surface area contributed by atoms with Crippen molar-refractivity contribution >= 4 is 21.7 Å². The lowest BCUT2D eigenvalue weighted by Gasteiger charge is -2.18. The molecule has 3 aromatic rings. The monoisotopic (exact) mass is 396 g/mol. The standard InChI is InChI=1S/C21H20N2O4S/c22-18-10-4-8-16(12-18)17-9-5-11-19(13-17)28(26,27)23-20(14-21(24)25)15-6-2-1-3-7-15/h1-13,20,23H,14,22H2,(H,24,25). The highest BCUT2D eigenvalue weighted by molar-refractivity contribution is 7.89. The average Bonchev–Trinajstić information content (AvgIpc) is 2.68. The van der Waals surface area contributed by atoms with Crippen LogP contribution in [0, 0.1) is 0 Å². The summed E-state index contributed by atoms with van der Waals surface area (Å²) in [6, 6.07) is 21.4. The van der Waals surface area contributed by atoms with Crippen LogP contribution >= 0.6 is 0 Å². The predicted octanol–water partition coefficient (Wildman–Crippen LogP) is 3.43. The van der Waals surface area contributed by atoms with Crippen LogP contribution in [0.4, 0.5) is 5.69 Å². The molecule has 0 bridgehead atoms. The maximum absolute atomic E-state index is 12.9. The third kappa shape index (κ3) is 4.76. The maximum atomic E-state index is 12.9. The molecule has 0 fully saturated rings. The summed E-state index contributed by atoms with van der Waals surface area (Å²) in [7, 11) is -3.94. The molecule has 4 N–H and O–H groups in total. The Morgan fingerprint density at radius 3 is 2.21 bits per heavy atom. The minimum atomic E-state index is -3.94. The summed E-state index contributed by atoms with van der Waals surface area (Å²) in [4.78, 5) is 11.3. The van der Waals surface area contributed by atoms with Gasteiger partial charge in [-0.3, -0.25) is 4.79 Å². The first-order valence-electron chi connectivity index (χ1n) is 8.60. The number of benzene rings is 3. The molecular weight excluding hydrogens is 376 g/mol. The van der Waals surface area contributed by atoms with Crippen LogP contribution in [-0.4, -0.2) is 19.5 Å². The zero-order chi connectivity index (χ0) is 20.1. The van der Waals surface area contributed by atoms with E-state index in [-0.39, 0.29) is 11.3 Å². The third-order valence-corrected chi connectivity index (χ3v) is 5.71. The van der Waals surface area contributed by atoms with Gasteiger partial charge in [-0.2, -0.15) is 0 Å². The van der Waals surface area contributed by atoms with Crippen molar-refractivity contribution in [3.05, 3.63) is 84.4 Å². The zero-order valence-electron chi connectivity index (χ0n) is 14.9. The highest BCUT2D eigenvalue weighted by Gasteiger charge is 2.23. The lowest BCUT2D eigenvalue weighted by atomic mass is 10.1. The Labute approximate surface area is 163 Å². The van der Waals surface area contributed by atoms with Crippen LogP contribution in [0.2, 0.25) is 0 Å². The Kier molecular flexibility index (Phi) is 5.77. The molecule has 1 atom stereocenters. The molecule has 3 rings (SSSR count). The SMILES string of the molecule is Nc1cccc(-c2cccc(S(=O)(=O)NC(CC(=O)O)c3ccccc3)c2)c1. The summed E-state index contributed by atoms with van der Waals surface area (Å²) in [6.07, 6.45) is -0.363. The minimum Gasteiger partial charge on any atom is -0.481 e. The molecule has 0 saturated carbocycles. The second-order valence-corrected chi connectivity index (χ2v) is 8.05. The maximum Gasteiger partial charge on any atom is 0.305 e. The second-order valence-electron chi connectivity index (χ2n) is 6.34. The van der Waals surface area contributed by atoms with Gasteiger partial charge in [-0.25, -0.2) is 13.1 Å². The molecule has 0 amide bonds. The van der Waals surface area contributed by atoms with Crippen molar-refractivity contribution in [1.29, 1.82) is 0 Å². The van der Waals surface area contributed by atoms with Crippen molar-refractivity contribution < 1.29 is 18.3 Å². The number of nitrogens with two attached hydrogens (primary N) is 1. The Morgan fingerprint density at radius 2 is 1.57 bits per heavy atom. The van der Waals surface area contributed by atoms with Crippen LogP contribution in [0.5, 0.6) is 0 Å². The van der Waals surface area contributed by atoms with E-state index < -0.39 is 22.0 Å². The van der Waals surface area contributed by atoms with Gasteiger partial charge in [0.25, 0.3) is 0 Å². The van der Waals surface area contributed by atoms with Gasteiger partial charge in [0.15, 0.2) is 0 Å². The highest BCUT2D eigenvalue weighted by atomic mass is 32.2. The first-order chi connectivity index (χ1) is 13.3. The molecule has 0 aliphatic carbocycles. The van der Waals surface area contributed by atoms with Gasteiger partial charge in [0, 0.05) is 5.69 Å². The number of carboxylic acid groups (broad SMARTS) is 1. The van der Waals surface area contributed by atoms with E-state index >= 15 is 0 Å². The van der Waals surface area contributed by atoms with Gasteiger partial charge < -0.3 is 10.8 Å². The van der Waals surface area contributed by atoms with Gasteiger partial charge in [-0.05, 0) is 41.0 Å². The van der Waals surface area contributed by atoms with Crippen LogP contribution < -0.4 is 10.5 Å². The molecule has 3 aromatic carbocycles. The fraction of sp³-hybridized carbons (Fsp3) is 0.0952. The summed E-state index contributed by atoms with van der Waals surface area (Å²) in [6.45, 7) is 0. The van der Waals surface area contributed by atoms with E-state index in [9.17, 15) is 18.3 Å². The van der Waals surface area contributed by atoms with Crippen molar-refractivity contribution in [3.63, 3.8) is 0 Å². The number of hydrogen-bond acceptors (Lipinski definition) is 4. The topological polar surface area (TPSA) is 109 Å². The molecule has 7 heteroatoms. The summed E-state index contributed by atoms with van der Waals surface area (Å²) < 4.78 is 28.4. The molecule has 1 unspecified atom stereocenters. The number of rotatable bonds is 7. The lowest BCUT2D eigenvalue weighted by Crippen LogP contribution is -2.30.